The molecule has 0 spiro atoms. The summed E-state index contributed by atoms with van der Waals surface area (Å²) in [6.45, 7) is 0. The average Bonchev–Trinajstić information content (AvgIpc) is 2.41. The van der Waals surface area contributed by atoms with Crippen LogP contribution in [0.2, 0.25) is 0 Å². The second kappa shape index (κ2) is 4.04. The molecule has 13 heavy (non-hydrogen) atoms. The van der Waals surface area contributed by atoms with E-state index in [1.807, 2.05) is 0 Å². The molecular weight excluding hydrogens is 172 g/mol. The van der Waals surface area contributed by atoms with Gasteiger partial charge in [-0.25, -0.2) is 0 Å². The summed E-state index contributed by atoms with van der Waals surface area (Å²) < 4.78 is 4.44. The summed E-state index contributed by atoms with van der Waals surface area (Å²) in [5, 5.41) is 2.50. The first-order chi connectivity index (χ1) is 6.13. The number of nitrogens with one attached hydrogen (secondary N) is 1. The number of ether oxygens (including phenoxy) is 1. The van der Waals surface area contributed by atoms with Gasteiger partial charge in [0.15, 0.2) is 0 Å². The fourth-order valence-electron chi connectivity index (χ4n) is 1.11. The number of rotatable bonds is 3. The van der Waals surface area contributed by atoms with Crippen molar-refractivity contribution in [1.29, 1.82) is 0 Å². The number of esters is 1. The van der Waals surface area contributed by atoms with E-state index in [2.05, 4.69) is 10.1 Å². The second-order valence-corrected chi connectivity index (χ2v) is 2.77. The molecule has 1 aliphatic rings. The first kappa shape index (κ1) is 9.73. The van der Waals surface area contributed by atoms with Crippen LogP contribution in [0.3, 0.4) is 0 Å². The second-order valence-electron chi connectivity index (χ2n) is 2.77. The Labute approximate surface area is 75.9 Å². The van der Waals surface area contributed by atoms with E-state index in [1.165, 1.54) is 7.11 Å². The van der Waals surface area contributed by atoms with E-state index in [9.17, 15) is 9.59 Å². The Morgan fingerprint density at radius 1 is 1.77 bits per heavy atom. The standard InChI is InChI=1S/C8H12N2O3/c1-13-7(11)3-2-5-4-6(9)10-8(5)12/h4,6H,2-3,9H2,1H3,(H,10,12). The van der Waals surface area contributed by atoms with Crippen LogP contribution in [-0.4, -0.2) is 25.2 Å². The monoisotopic (exact) mass is 184 g/mol. The molecule has 1 amide bonds. The van der Waals surface area contributed by atoms with Gasteiger partial charge in [-0.05, 0) is 12.5 Å². The lowest BCUT2D eigenvalue weighted by Gasteiger charge is -1.99. The minimum absolute atomic E-state index is 0.198. The van der Waals surface area contributed by atoms with Gasteiger partial charge in [0, 0.05) is 12.0 Å². The minimum atomic E-state index is -0.417. The van der Waals surface area contributed by atoms with Crippen LogP contribution in [0.4, 0.5) is 0 Å². The number of amides is 1. The van der Waals surface area contributed by atoms with Gasteiger partial charge in [0.2, 0.25) is 5.91 Å². The van der Waals surface area contributed by atoms with Crippen LogP contribution in [0.25, 0.3) is 0 Å². The Morgan fingerprint density at radius 3 is 2.92 bits per heavy atom. The van der Waals surface area contributed by atoms with E-state index in [1.54, 1.807) is 6.08 Å². The van der Waals surface area contributed by atoms with Crippen molar-refractivity contribution in [2.75, 3.05) is 7.11 Å². The summed E-state index contributed by atoms with van der Waals surface area (Å²) in [6, 6.07) is 0. The van der Waals surface area contributed by atoms with E-state index < -0.39 is 6.17 Å². The molecule has 0 aromatic heterocycles. The molecule has 5 nitrogen and oxygen atoms in total. The van der Waals surface area contributed by atoms with Crippen LogP contribution in [-0.2, 0) is 14.3 Å². The maximum atomic E-state index is 11.1. The highest BCUT2D eigenvalue weighted by atomic mass is 16.5. The predicted molar refractivity (Wildman–Crippen MR) is 45.5 cm³/mol. The summed E-state index contributed by atoms with van der Waals surface area (Å²) in [4.78, 5) is 21.8. The topological polar surface area (TPSA) is 81.4 Å². The number of methoxy groups -OCH3 is 1. The van der Waals surface area contributed by atoms with Gasteiger partial charge in [0.05, 0.1) is 13.3 Å². The molecule has 0 aliphatic carbocycles. The fourth-order valence-corrected chi connectivity index (χ4v) is 1.11. The van der Waals surface area contributed by atoms with Gasteiger partial charge in [-0.15, -0.1) is 0 Å². The van der Waals surface area contributed by atoms with Crippen molar-refractivity contribution in [1.82, 2.24) is 5.32 Å². The van der Waals surface area contributed by atoms with Gasteiger partial charge in [0.1, 0.15) is 0 Å². The lowest BCUT2D eigenvalue weighted by atomic mass is 10.1. The van der Waals surface area contributed by atoms with E-state index in [0.29, 0.717) is 12.0 Å². The largest absolute Gasteiger partial charge is 0.469 e. The molecule has 0 radical (unpaired) electrons. The van der Waals surface area contributed by atoms with Crippen LogP contribution < -0.4 is 11.1 Å². The van der Waals surface area contributed by atoms with Gasteiger partial charge in [0.25, 0.3) is 0 Å². The highest BCUT2D eigenvalue weighted by molar-refractivity contribution is 5.96. The molecule has 5 heteroatoms. The highest BCUT2D eigenvalue weighted by Gasteiger charge is 2.20. The Bertz CT molecular complexity index is 260. The molecule has 0 aromatic rings. The van der Waals surface area contributed by atoms with Gasteiger partial charge < -0.3 is 15.8 Å². The van der Waals surface area contributed by atoms with Crippen molar-refractivity contribution in [3.63, 3.8) is 0 Å². The number of hydrogen-bond acceptors (Lipinski definition) is 4. The van der Waals surface area contributed by atoms with Crippen LogP contribution in [0.15, 0.2) is 11.6 Å². The minimum Gasteiger partial charge on any atom is -0.469 e. The summed E-state index contributed by atoms with van der Waals surface area (Å²) >= 11 is 0. The maximum Gasteiger partial charge on any atom is 0.305 e. The van der Waals surface area contributed by atoms with Crippen LogP contribution in [0.5, 0.6) is 0 Å². The smallest absolute Gasteiger partial charge is 0.305 e. The van der Waals surface area contributed by atoms with Gasteiger partial charge in [-0.3, -0.25) is 9.59 Å². The molecule has 0 saturated carbocycles. The maximum absolute atomic E-state index is 11.1. The molecule has 0 fully saturated rings. The Balaban J connectivity index is 2.41. The average molecular weight is 184 g/mol. The highest BCUT2D eigenvalue weighted by Crippen LogP contribution is 2.11. The molecule has 1 rings (SSSR count). The number of carbonyl (C=O) groups is 2. The molecule has 0 bridgehead atoms. The molecule has 3 N–H and O–H groups in total. The van der Waals surface area contributed by atoms with Crippen molar-refractivity contribution in [2.24, 2.45) is 5.73 Å². The van der Waals surface area contributed by atoms with Crippen molar-refractivity contribution >= 4 is 11.9 Å². The van der Waals surface area contributed by atoms with Crippen molar-refractivity contribution in [3.05, 3.63) is 11.6 Å². The van der Waals surface area contributed by atoms with Crippen molar-refractivity contribution in [2.45, 2.75) is 19.0 Å². The molecule has 1 heterocycles. The molecular formula is C8H12N2O3. The molecule has 0 aromatic carbocycles. The van der Waals surface area contributed by atoms with E-state index in [0.717, 1.165) is 0 Å². The number of hydrogen-bond donors (Lipinski definition) is 2. The van der Waals surface area contributed by atoms with E-state index >= 15 is 0 Å². The number of carbonyl (C=O) groups excluding carboxylic acids is 2. The Kier molecular flexibility index (Phi) is 3.02. The first-order valence-electron chi connectivity index (χ1n) is 3.97. The zero-order valence-corrected chi connectivity index (χ0v) is 7.37. The van der Waals surface area contributed by atoms with Gasteiger partial charge >= 0.3 is 5.97 Å². The predicted octanol–water partition coefficient (Wildman–Crippen LogP) is -0.719. The van der Waals surface area contributed by atoms with Crippen molar-refractivity contribution in [3.8, 4) is 0 Å². The molecule has 1 unspecified atom stereocenters. The van der Waals surface area contributed by atoms with Gasteiger partial charge in [-0.2, -0.15) is 0 Å². The third kappa shape index (κ3) is 2.55. The lowest BCUT2D eigenvalue weighted by Crippen LogP contribution is -2.34. The zero-order valence-electron chi connectivity index (χ0n) is 7.37. The lowest BCUT2D eigenvalue weighted by molar-refractivity contribution is -0.140. The van der Waals surface area contributed by atoms with Crippen molar-refractivity contribution < 1.29 is 14.3 Å². The zero-order chi connectivity index (χ0) is 9.84. The van der Waals surface area contributed by atoms with E-state index in [4.69, 9.17) is 5.73 Å². The SMILES string of the molecule is COC(=O)CCC1=CC(N)NC1=O. The number of nitrogens with two attached hydrogens (primary N) is 1. The Morgan fingerprint density at radius 2 is 2.46 bits per heavy atom. The van der Waals surface area contributed by atoms with Crippen LogP contribution in [0, 0.1) is 0 Å². The molecule has 0 saturated heterocycles. The van der Waals surface area contributed by atoms with E-state index in [-0.39, 0.29) is 18.3 Å². The summed E-state index contributed by atoms with van der Waals surface area (Å²) in [5.74, 6) is -0.523. The van der Waals surface area contributed by atoms with Crippen LogP contribution >= 0.6 is 0 Å². The first-order valence-corrected chi connectivity index (χ1v) is 3.97. The molecule has 1 atom stereocenters. The summed E-state index contributed by atoms with van der Waals surface area (Å²) in [5.41, 5.74) is 5.98. The summed E-state index contributed by atoms with van der Waals surface area (Å²) in [7, 11) is 1.32. The van der Waals surface area contributed by atoms with Crippen LogP contribution in [0.1, 0.15) is 12.8 Å². The quantitative estimate of drug-likeness (QED) is 0.567. The normalized spacial score (nSPS) is 20.9. The third-order valence-corrected chi connectivity index (χ3v) is 1.80. The molecule has 1 aliphatic heterocycles. The summed E-state index contributed by atoms with van der Waals surface area (Å²) in [6.07, 6.45) is 1.79. The molecule has 72 valence electrons. The third-order valence-electron chi connectivity index (χ3n) is 1.80. The van der Waals surface area contributed by atoms with Gasteiger partial charge in [-0.1, -0.05) is 0 Å². The fraction of sp³-hybridized carbons (Fsp3) is 0.500. The Hall–Kier alpha value is -1.36.